The average molecular weight is 344 g/mol. The molecule has 0 aliphatic heterocycles. The molecule has 1 aromatic carbocycles. The third kappa shape index (κ3) is 3.50. The van der Waals surface area contributed by atoms with E-state index in [4.69, 9.17) is 0 Å². The first-order valence-electron chi connectivity index (χ1n) is 7.84. The van der Waals surface area contributed by atoms with Crippen molar-refractivity contribution in [2.24, 2.45) is 0 Å². The van der Waals surface area contributed by atoms with Crippen molar-refractivity contribution in [2.45, 2.75) is 25.7 Å². The lowest BCUT2D eigenvalue weighted by molar-refractivity contribution is 0.0947. The Morgan fingerprint density at radius 2 is 2.08 bits per heavy atom. The molecule has 0 unspecified atom stereocenters. The first-order chi connectivity index (χ1) is 11.9. The molecule has 2 N–H and O–H groups in total. The lowest BCUT2D eigenvalue weighted by Crippen LogP contribution is -2.36. The van der Waals surface area contributed by atoms with Gasteiger partial charge in [0.15, 0.2) is 5.82 Å². The normalized spacial score (nSPS) is 11.9. The lowest BCUT2D eigenvalue weighted by Gasteiger charge is -2.25. The molecule has 0 saturated heterocycles. The average Bonchev–Trinajstić information content (AvgIpc) is 3.05. The van der Waals surface area contributed by atoms with Gasteiger partial charge in [-0.25, -0.2) is 13.8 Å². The number of nitrogens with one attached hydrogen (secondary N) is 2. The number of amides is 1. The van der Waals surface area contributed by atoms with E-state index in [1.807, 2.05) is 26.0 Å². The van der Waals surface area contributed by atoms with Gasteiger partial charge in [-0.1, -0.05) is 26.0 Å². The number of fused-ring (bicyclic) bond motifs is 1. The fraction of sp³-hybridized carbons (Fsp3) is 0.278. The predicted molar refractivity (Wildman–Crippen MR) is 90.6 cm³/mol. The highest BCUT2D eigenvalue weighted by molar-refractivity contribution is 6.04. The van der Waals surface area contributed by atoms with Crippen LogP contribution in [0.2, 0.25) is 0 Å². The molecular formula is C18H18F2N4O. The number of carbonyl (C=O) groups is 1. The quantitative estimate of drug-likeness (QED) is 0.743. The summed E-state index contributed by atoms with van der Waals surface area (Å²) < 4.78 is 25.7. The van der Waals surface area contributed by atoms with Crippen LogP contribution in [0, 0.1) is 0 Å². The summed E-state index contributed by atoms with van der Waals surface area (Å²) >= 11 is 0. The van der Waals surface area contributed by atoms with E-state index in [1.165, 1.54) is 0 Å². The number of nitrogens with zero attached hydrogens (tertiary/aromatic N) is 2. The highest BCUT2D eigenvalue weighted by atomic mass is 19.3. The highest BCUT2D eigenvalue weighted by Crippen LogP contribution is 2.24. The molecular weight excluding hydrogens is 326 g/mol. The first-order valence-corrected chi connectivity index (χ1v) is 7.84. The third-order valence-corrected chi connectivity index (χ3v) is 4.12. The number of imidazole rings is 1. The maximum absolute atomic E-state index is 12.8. The molecule has 3 aromatic rings. The molecule has 0 aliphatic rings. The van der Waals surface area contributed by atoms with Crippen molar-refractivity contribution >= 4 is 16.9 Å². The molecule has 3 rings (SSSR count). The first kappa shape index (κ1) is 17.0. The number of para-hydroxylation sites is 1. The van der Waals surface area contributed by atoms with Gasteiger partial charge in [0.1, 0.15) is 5.52 Å². The summed E-state index contributed by atoms with van der Waals surface area (Å²) in [5.74, 6) is -0.791. The molecule has 0 fully saturated rings. The summed E-state index contributed by atoms with van der Waals surface area (Å²) in [6.07, 6.45) is 0.736. The summed E-state index contributed by atoms with van der Waals surface area (Å²) in [5.41, 5.74) is 1.59. The number of aromatic nitrogens is 3. The molecule has 1 amide bonds. The number of H-pyrrole nitrogens is 1. The second kappa shape index (κ2) is 6.58. The summed E-state index contributed by atoms with van der Waals surface area (Å²) in [6.45, 7) is 4.36. The number of benzene rings is 1. The van der Waals surface area contributed by atoms with Crippen LogP contribution in [0.15, 0.2) is 42.7 Å². The van der Waals surface area contributed by atoms with E-state index in [1.54, 1.807) is 30.6 Å². The number of carbonyl (C=O) groups excluding carboxylic acids is 1. The van der Waals surface area contributed by atoms with Crippen LogP contribution in [0.3, 0.4) is 0 Å². The number of alkyl halides is 2. The van der Waals surface area contributed by atoms with Crippen molar-refractivity contribution in [3.05, 3.63) is 59.7 Å². The molecule has 25 heavy (non-hydrogen) atoms. The molecule has 2 aromatic heterocycles. The fourth-order valence-electron chi connectivity index (χ4n) is 2.60. The molecule has 0 aliphatic carbocycles. The molecule has 7 heteroatoms. The van der Waals surface area contributed by atoms with Crippen molar-refractivity contribution in [2.75, 3.05) is 6.54 Å². The van der Waals surface area contributed by atoms with Crippen molar-refractivity contribution in [3.63, 3.8) is 0 Å². The highest BCUT2D eigenvalue weighted by Gasteiger charge is 2.23. The summed E-state index contributed by atoms with van der Waals surface area (Å²) in [5, 5.41) is 2.86. The Morgan fingerprint density at radius 1 is 1.28 bits per heavy atom. The van der Waals surface area contributed by atoms with Gasteiger partial charge in [0.25, 0.3) is 12.3 Å². The minimum absolute atomic E-state index is 0.245. The van der Waals surface area contributed by atoms with E-state index >= 15 is 0 Å². The number of rotatable bonds is 5. The van der Waals surface area contributed by atoms with E-state index in [2.05, 4.69) is 20.3 Å². The molecule has 0 saturated carbocycles. The monoisotopic (exact) mass is 344 g/mol. The second-order valence-electron chi connectivity index (χ2n) is 6.43. The Bertz CT molecular complexity index is 890. The van der Waals surface area contributed by atoms with Gasteiger partial charge < -0.3 is 10.3 Å². The molecule has 5 nitrogen and oxygen atoms in total. The smallest absolute Gasteiger partial charge is 0.295 e. The van der Waals surface area contributed by atoms with Crippen LogP contribution in [0.1, 0.15) is 42.0 Å². The Hall–Kier alpha value is -2.83. The molecule has 2 heterocycles. The Labute approximate surface area is 143 Å². The molecule has 0 spiro atoms. The van der Waals surface area contributed by atoms with E-state index in [9.17, 15) is 13.6 Å². The number of hydrogen-bond donors (Lipinski definition) is 2. The van der Waals surface area contributed by atoms with Crippen LogP contribution in [0.4, 0.5) is 8.78 Å². The van der Waals surface area contributed by atoms with Crippen LogP contribution < -0.4 is 5.32 Å². The fourth-order valence-corrected chi connectivity index (χ4v) is 2.60. The van der Waals surface area contributed by atoms with Gasteiger partial charge in [0.2, 0.25) is 0 Å². The SMILES string of the molecule is CC(C)(CNC(=O)c1cccc2[nH]c(C(F)F)nc12)c1cccnc1. The van der Waals surface area contributed by atoms with E-state index in [0.29, 0.717) is 12.1 Å². The van der Waals surface area contributed by atoms with Crippen molar-refractivity contribution < 1.29 is 13.6 Å². The summed E-state index contributed by atoms with van der Waals surface area (Å²) in [7, 11) is 0. The second-order valence-corrected chi connectivity index (χ2v) is 6.43. The topological polar surface area (TPSA) is 70.7 Å². The zero-order valence-electron chi connectivity index (χ0n) is 13.9. The zero-order valence-corrected chi connectivity index (χ0v) is 13.9. The number of hydrogen-bond acceptors (Lipinski definition) is 3. The van der Waals surface area contributed by atoms with Crippen molar-refractivity contribution in [1.29, 1.82) is 0 Å². The standard InChI is InChI=1S/C18H18F2N4O/c1-18(2,11-5-4-8-21-9-11)10-22-17(25)12-6-3-7-13-14(12)24-16(23-13)15(19)20/h3-9,15H,10H2,1-2H3,(H,22,25)(H,23,24). The van der Waals surface area contributed by atoms with Crippen molar-refractivity contribution in [3.8, 4) is 0 Å². The van der Waals surface area contributed by atoms with Crippen LogP contribution in [-0.4, -0.2) is 27.4 Å². The molecule has 0 atom stereocenters. The largest absolute Gasteiger partial charge is 0.351 e. The van der Waals surface area contributed by atoms with Crippen LogP contribution in [-0.2, 0) is 5.41 Å². The zero-order chi connectivity index (χ0) is 18.0. The van der Waals surface area contributed by atoms with Crippen molar-refractivity contribution in [1.82, 2.24) is 20.3 Å². The maximum Gasteiger partial charge on any atom is 0.295 e. The Kier molecular flexibility index (Phi) is 4.48. The summed E-state index contributed by atoms with van der Waals surface area (Å²) in [6, 6.07) is 8.62. The Morgan fingerprint density at radius 3 is 2.76 bits per heavy atom. The van der Waals surface area contributed by atoms with Gasteiger partial charge >= 0.3 is 0 Å². The number of aromatic amines is 1. The Balaban J connectivity index is 1.81. The lowest BCUT2D eigenvalue weighted by atomic mass is 9.85. The van der Waals surface area contributed by atoms with Gasteiger partial charge in [-0.2, -0.15) is 0 Å². The van der Waals surface area contributed by atoms with Crippen LogP contribution in [0.5, 0.6) is 0 Å². The molecule has 0 radical (unpaired) electrons. The molecule has 0 bridgehead atoms. The van der Waals surface area contributed by atoms with Crippen LogP contribution in [0.25, 0.3) is 11.0 Å². The van der Waals surface area contributed by atoms with Gasteiger partial charge in [-0.3, -0.25) is 9.78 Å². The van der Waals surface area contributed by atoms with Crippen LogP contribution >= 0.6 is 0 Å². The minimum atomic E-state index is -2.71. The maximum atomic E-state index is 12.8. The van der Waals surface area contributed by atoms with Gasteiger partial charge in [0, 0.05) is 24.4 Å². The van der Waals surface area contributed by atoms with E-state index < -0.39 is 12.2 Å². The predicted octanol–water partition coefficient (Wildman–Crippen LogP) is 3.60. The third-order valence-electron chi connectivity index (χ3n) is 4.12. The number of pyridine rings is 1. The van der Waals surface area contributed by atoms with Gasteiger partial charge in [-0.05, 0) is 23.8 Å². The summed E-state index contributed by atoms with van der Waals surface area (Å²) in [4.78, 5) is 23.0. The van der Waals surface area contributed by atoms with Gasteiger partial charge in [-0.15, -0.1) is 0 Å². The minimum Gasteiger partial charge on any atom is -0.351 e. The van der Waals surface area contributed by atoms with Gasteiger partial charge in [0.05, 0.1) is 11.1 Å². The van der Waals surface area contributed by atoms with E-state index in [-0.39, 0.29) is 22.4 Å². The molecule has 130 valence electrons. The van der Waals surface area contributed by atoms with E-state index in [0.717, 1.165) is 5.56 Å². The number of halogens is 2.